The zero-order chi connectivity index (χ0) is 13.3. The lowest BCUT2D eigenvalue weighted by molar-refractivity contribution is -0.384. The van der Waals surface area contributed by atoms with Gasteiger partial charge in [-0.15, -0.1) is 0 Å². The van der Waals surface area contributed by atoms with Gasteiger partial charge < -0.3 is 10.2 Å². The number of hydrogen-bond donors (Lipinski definition) is 1. The summed E-state index contributed by atoms with van der Waals surface area (Å²) in [5, 5.41) is 18.8. The molecule has 0 saturated carbocycles. The normalized spacial score (nSPS) is 16.3. The quantitative estimate of drug-likeness (QED) is 0.644. The summed E-state index contributed by atoms with van der Waals surface area (Å²) in [6.45, 7) is 8.92. The Hall–Kier alpha value is -1.63. The molecule has 0 atom stereocenters. The molecule has 0 unspecified atom stereocenters. The number of aromatic nitrogens is 2. The fourth-order valence-corrected chi connectivity index (χ4v) is 2.27. The van der Waals surface area contributed by atoms with Crippen LogP contribution in [0.25, 0.3) is 0 Å². The molecule has 1 aliphatic heterocycles. The van der Waals surface area contributed by atoms with Crippen molar-refractivity contribution in [1.29, 1.82) is 0 Å². The first-order chi connectivity index (χ1) is 8.52. The van der Waals surface area contributed by atoms with E-state index in [1.54, 1.807) is 11.6 Å². The molecule has 1 aromatic heterocycles. The maximum Gasteiger partial charge on any atom is 0.333 e. The zero-order valence-corrected chi connectivity index (χ0v) is 11.0. The molecule has 0 aliphatic carbocycles. The van der Waals surface area contributed by atoms with Crippen LogP contribution in [0.3, 0.4) is 0 Å². The average Bonchev–Trinajstić information content (AvgIpc) is 2.68. The number of nitrogens with one attached hydrogen (secondary N) is 1. The van der Waals surface area contributed by atoms with Gasteiger partial charge in [-0.25, -0.2) is 4.68 Å². The summed E-state index contributed by atoms with van der Waals surface area (Å²) in [6, 6.07) is 0.113. The number of piperazine rings is 1. The minimum Gasteiger partial charge on any atom is -0.349 e. The number of nitrogens with zero attached hydrogens (tertiary/aromatic N) is 4. The van der Waals surface area contributed by atoms with Crippen LogP contribution in [-0.4, -0.2) is 40.9 Å². The summed E-state index contributed by atoms with van der Waals surface area (Å²) < 4.78 is 1.76. The second-order valence-corrected chi connectivity index (χ2v) is 4.79. The Balaban J connectivity index is 2.49. The first-order valence-corrected chi connectivity index (χ1v) is 6.21. The number of anilines is 1. The van der Waals surface area contributed by atoms with Gasteiger partial charge in [0.05, 0.1) is 4.92 Å². The van der Waals surface area contributed by atoms with Gasteiger partial charge in [-0.3, -0.25) is 10.1 Å². The molecule has 18 heavy (non-hydrogen) atoms. The van der Waals surface area contributed by atoms with Crippen LogP contribution in [0, 0.1) is 17.0 Å². The zero-order valence-electron chi connectivity index (χ0n) is 11.0. The Morgan fingerprint density at radius 1 is 1.39 bits per heavy atom. The third-order valence-corrected chi connectivity index (χ3v) is 3.12. The van der Waals surface area contributed by atoms with Gasteiger partial charge in [0.1, 0.15) is 5.69 Å². The van der Waals surface area contributed by atoms with E-state index in [9.17, 15) is 10.1 Å². The fraction of sp³-hybridized carbons (Fsp3) is 0.727. The van der Waals surface area contributed by atoms with Crippen molar-refractivity contribution in [1.82, 2.24) is 15.1 Å². The molecule has 0 aromatic carbocycles. The highest BCUT2D eigenvalue weighted by Crippen LogP contribution is 2.33. The standard InChI is InChI=1S/C11H19N5O2/c1-8(2)15-11(14-6-4-12-5-7-14)10(16(17)18)9(3)13-15/h8,12H,4-7H2,1-3H3. The molecule has 2 heterocycles. The molecular weight excluding hydrogens is 234 g/mol. The van der Waals surface area contributed by atoms with Crippen molar-refractivity contribution in [3.05, 3.63) is 15.8 Å². The van der Waals surface area contributed by atoms with Crippen molar-refractivity contribution < 1.29 is 4.92 Å². The van der Waals surface area contributed by atoms with Gasteiger partial charge in [-0.05, 0) is 20.8 Å². The van der Waals surface area contributed by atoms with Crippen molar-refractivity contribution in [3.63, 3.8) is 0 Å². The van der Waals surface area contributed by atoms with E-state index >= 15 is 0 Å². The van der Waals surface area contributed by atoms with Gasteiger partial charge in [0.2, 0.25) is 5.82 Å². The van der Waals surface area contributed by atoms with E-state index < -0.39 is 0 Å². The molecule has 7 nitrogen and oxygen atoms in total. The van der Waals surface area contributed by atoms with Gasteiger partial charge in [0.15, 0.2) is 0 Å². The van der Waals surface area contributed by atoms with Crippen LogP contribution in [0.4, 0.5) is 11.5 Å². The Morgan fingerprint density at radius 2 is 2.00 bits per heavy atom. The summed E-state index contributed by atoms with van der Waals surface area (Å²) >= 11 is 0. The van der Waals surface area contributed by atoms with Crippen molar-refractivity contribution in [2.45, 2.75) is 26.8 Å². The predicted octanol–water partition coefficient (Wildman–Crippen LogP) is 1.09. The summed E-state index contributed by atoms with van der Waals surface area (Å²) in [7, 11) is 0. The molecule has 7 heteroatoms. The minimum absolute atomic E-state index is 0.113. The van der Waals surface area contributed by atoms with Crippen molar-refractivity contribution in [2.75, 3.05) is 31.1 Å². The van der Waals surface area contributed by atoms with Gasteiger partial charge in [0, 0.05) is 32.2 Å². The van der Waals surface area contributed by atoms with E-state index in [0.717, 1.165) is 26.2 Å². The molecular formula is C11H19N5O2. The summed E-state index contributed by atoms with van der Waals surface area (Å²) in [5.74, 6) is 0.647. The molecule has 0 spiro atoms. The van der Waals surface area contributed by atoms with E-state index in [1.807, 2.05) is 13.8 Å². The van der Waals surface area contributed by atoms with E-state index in [0.29, 0.717) is 11.5 Å². The second-order valence-electron chi connectivity index (χ2n) is 4.79. The summed E-state index contributed by atoms with van der Waals surface area (Å²) in [6.07, 6.45) is 0. The van der Waals surface area contributed by atoms with Gasteiger partial charge in [-0.2, -0.15) is 5.10 Å². The largest absolute Gasteiger partial charge is 0.349 e. The molecule has 0 radical (unpaired) electrons. The van der Waals surface area contributed by atoms with Gasteiger partial charge >= 0.3 is 5.69 Å². The van der Waals surface area contributed by atoms with Crippen molar-refractivity contribution in [2.24, 2.45) is 0 Å². The number of hydrogen-bond acceptors (Lipinski definition) is 5. The Morgan fingerprint density at radius 3 is 2.50 bits per heavy atom. The van der Waals surface area contributed by atoms with E-state index in [2.05, 4.69) is 15.3 Å². The second kappa shape index (κ2) is 4.93. The highest BCUT2D eigenvalue weighted by Gasteiger charge is 2.30. The molecule has 1 fully saturated rings. The lowest BCUT2D eigenvalue weighted by atomic mass is 10.3. The van der Waals surface area contributed by atoms with E-state index in [1.165, 1.54) is 0 Å². The van der Waals surface area contributed by atoms with Crippen LogP contribution >= 0.6 is 0 Å². The third kappa shape index (κ3) is 2.17. The van der Waals surface area contributed by atoms with Crippen LogP contribution < -0.4 is 10.2 Å². The summed E-state index contributed by atoms with van der Waals surface area (Å²) in [4.78, 5) is 13.0. The molecule has 1 saturated heterocycles. The summed E-state index contributed by atoms with van der Waals surface area (Å²) in [5.41, 5.74) is 0.632. The lowest BCUT2D eigenvalue weighted by Crippen LogP contribution is -2.44. The van der Waals surface area contributed by atoms with Crippen LogP contribution in [0.15, 0.2) is 0 Å². The lowest BCUT2D eigenvalue weighted by Gasteiger charge is -2.29. The minimum atomic E-state index is -0.321. The van der Waals surface area contributed by atoms with Gasteiger partial charge in [0.25, 0.3) is 0 Å². The Labute approximate surface area is 106 Å². The third-order valence-electron chi connectivity index (χ3n) is 3.12. The predicted molar refractivity (Wildman–Crippen MR) is 69.1 cm³/mol. The van der Waals surface area contributed by atoms with Crippen LogP contribution in [0.2, 0.25) is 0 Å². The van der Waals surface area contributed by atoms with Crippen LogP contribution in [-0.2, 0) is 0 Å². The average molecular weight is 253 g/mol. The molecule has 1 aliphatic rings. The Kier molecular flexibility index (Phi) is 3.51. The molecule has 0 amide bonds. The van der Waals surface area contributed by atoms with Crippen LogP contribution in [0.5, 0.6) is 0 Å². The first kappa shape index (κ1) is 12.8. The first-order valence-electron chi connectivity index (χ1n) is 6.21. The molecule has 0 bridgehead atoms. The van der Waals surface area contributed by atoms with Crippen molar-refractivity contribution in [3.8, 4) is 0 Å². The smallest absolute Gasteiger partial charge is 0.333 e. The Bertz CT molecular complexity index is 449. The molecule has 100 valence electrons. The number of nitro groups is 1. The highest BCUT2D eigenvalue weighted by atomic mass is 16.6. The number of aryl methyl sites for hydroxylation is 1. The maximum absolute atomic E-state index is 11.2. The molecule has 1 aromatic rings. The van der Waals surface area contributed by atoms with Gasteiger partial charge in [-0.1, -0.05) is 0 Å². The van der Waals surface area contributed by atoms with E-state index in [-0.39, 0.29) is 16.7 Å². The maximum atomic E-state index is 11.2. The topological polar surface area (TPSA) is 76.2 Å². The molecule has 2 rings (SSSR count). The fourth-order valence-electron chi connectivity index (χ4n) is 2.27. The number of rotatable bonds is 3. The van der Waals surface area contributed by atoms with Crippen LogP contribution in [0.1, 0.15) is 25.6 Å². The monoisotopic (exact) mass is 253 g/mol. The highest BCUT2D eigenvalue weighted by molar-refractivity contribution is 5.61. The SMILES string of the molecule is Cc1nn(C(C)C)c(N2CCNCC2)c1[N+](=O)[O-]. The molecule has 1 N–H and O–H groups in total. The van der Waals surface area contributed by atoms with E-state index in [4.69, 9.17) is 0 Å². The van der Waals surface area contributed by atoms with Crippen molar-refractivity contribution >= 4 is 11.5 Å².